The molecule has 7 heteroatoms. The minimum Gasteiger partial charge on any atom is -0.340 e. The van der Waals surface area contributed by atoms with Gasteiger partial charge in [0.05, 0.1) is 16.9 Å². The highest BCUT2D eigenvalue weighted by Gasteiger charge is 2.16. The van der Waals surface area contributed by atoms with Gasteiger partial charge in [-0.15, -0.1) is 0 Å². The Hall–Kier alpha value is -1.37. The molecule has 0 aromatic carbocycles. The van der Waals surface area contributed by atoms with Crippen molar-refractivity contribution in [3.63, 3.8) is 0 Å². The van der Waals surface area contributed by atoms with Crippen LogP contribution in [-0.2, 0) is 25.4 Å². The summed E-state index contributed by atoms with van der Waals surface area (Å²) in [6, 6.07) is 0. The molecular formula is C11H16BrN3O3. The van der Waals surface area contributed by atoms with Crippen LogP contribution in [0.1, 0.15) is 12.5 Å². The number of hydrogen-bond acceptors (Lipinski definition) is 3. The zero-order valence-corrected chi connectivity index (χ0v) is 12.4. The van der Waals surface area contributed by atoms with E-state index in [1.54, 1.807) is 21.0 Å². The summed E-state index contributed by atoms with van der Waals surface area (Å²) in [7, 11) is 4.61. The van der Waals surface area contributed by atoms with Crippen LogP contribution in [0.25, 0.3) is 0 Å². The van der Waals surface area contributed by atoms with Crippen molar-refractivity contribution >= 4 is 21.8 Å². The Morgan fingerprint density at radius 2 is 2.00 bits per heavy atom. The zero-order chi connectivity index (χ0) is 14.0. The predicted molar refractivity (Wildman–Crippen MR) is 71.8 cm³/mol. The molecule has 0 saturated carbocycles. The standard InChI is InChI=1S/C11H16BrN3O3/c1-7(12)9(16)13(2)5-8-6-14(3)11(18)15(4)10(8)17/h6-7H,5H2,1-4H3. The van der Waals surface area contributed by atoms with Crippen LogP contribution in [0.2, 0.25) is 0 Å². The highest BCUT2D eigenvalue weighted by molar-refractivity contribution is 9.10. The van der Waals surface area contributed by atoms with E-state index in [1.165, 1.54) is 22.7 Å². The Balaban J connectivity index is 3.10. The van der Waals surface area contributed by atoms with Gasteiger partial charge in [-0.25, -0.2) is 4.79 Å². The van der Waals surface area contributed by atoms with E-state index in [1.807, 2.05) is 0 Å². The summed E-state index contributed by atoms with van der Waals surface area (Å²) >= 11 is 3.18. The molecule has 0 aliphatic rings. The molecule has 0 N–H and O–H groups in total. The summed E-state index contributed by atoms with van der Waals surface area (Å²) in [5.74, 6) is -0.120. The first-order valence-corrected chi connectivity index (χ1v) is 6.32. The molecule has 0 fully saturated rings. The van der Waals surface area contributed by atoms with E-state index in [0.29, 0.717) is 5.56 Å². The second-order valence-corrected chi connectivity index (χ2v) is 5.60. The number of hydrogen-bond donors (Lipinski definition) is 0. The number of amides is 1. The van der Waals surface area contributed by atoms with Crippen LogP contribution in [-0.4, -0.2) is 31.8 Å². The number of rotatable bonds is 3. The van der Waals surface area contributed by atoms with Crippen molar-refractivity contribution in [2.24, 2.45) is 14.1 Å². The fourth-order valence-corrected chi connectivity index (χ4v) is 1.98. The van der Waals surface area contributed by atoms with Gasteiger partial charge in [0, 0.05) is 27.3 Å². The van der Waals surface area contributed by atoms with Gasteiger partial charge in [-0.05, 0) is 6.92 Å². The molecule has 1 amide bonds. The molecule has 0 saturated heterocycles. The van der Waals surface area contributed by atoms with Crippen LogP contribution in [0.3, 0.4) is 0 Å². The molecule has 1 heterocycles. The summed E-state index contributed by atoms with van der Waals surface area (Å²) in [6.45, 7) is 1.90. The Morgan fingerprint density at radius 3 is 2.50 bits per heavy atom. The summed E-state index contributed by atoms with van der Waals surface area (Å²) in [5.41, 5.74) is -0.352. The number of alkyl halides is 1. The summed E-state index contributed by atoms with van der Waals surface area (Å²) < 4.78 is 2.36. The van der Waals surface area contributed by atoms with E-state index in [4.69, 9.17) is 0 Å². The minimum atomic E-state index is -0.383. The summed E-state index contributed by atoms with van der Waals surface area (Å²) in [5, 5.41) is 0. The smallest absolute Gasteiger partial charge is 0.330 e. The number of carbonyl (C=O) groups excluding carboxylic acids is 1. The first kappa shape index (κ1) is 14.7. The maximum Gasteiger partial charge on any atom is 0.330 e. The van der Waals surface area contributed by atoms with E-state index >= 15 is 0 Å². The van der Waals surface area contributed by atoms with Crippen molar-refractivity contribution in [3.05, 3.63) is 32.6 Å². The molecule has 6 nitrogen and oxygen atoms in total. The van der Waals surface area contributed by atoms with E-state index in [-0.39, 0.29) is 28.5 Å². The molecule has 1 atom stereocenters. The Labute approximate surface area is 113 Å². The lowest BCUT2D eigenvalue weighted by molar-refractivity contribution is -0.129. The first-order chi connectivity index (χ1) is 8.25. The van der Waals surface area contributed by atoms with E-state index in [2.05, 4.69) is 15.9 Å². The molecule has 0 aliphatic heterocycles. The number of aromatic nitrogens is 2. The third-order valence-corrected chi connectivity index (χ3v) is 3.03. The van der Waals surface area contributed by atoms with Crippen LogP contribution in [0.15, 0.2) is 15.8 Å². The minimum absolute atomic E-state index is 0.120. The second-order valence-electron chi connectivity index (χ2n) is 4.22. The Morgan fingerprint density at radius 1 is 1.44 bits per heavy atom. The van der Waals surface area contributed by atoms with E-state index in [9.17, 15) is 14.4 Å². The third-order valence-electron chi connectivity index (χ3n) is 2.64. The Kier molecular flexibility index (Phi) is 4.50. The van der Waals surface area contributed by atoms with Gasteiger partial charge < -0.3 is 9.47 Å². The molecule has 100 valence electrons. The molecule has 1 rings (SSSR count). The molecule has 0 aliphatic carbocycles. The van der Waals surface area contributed by atoms with Crippen molar-refractivity contribution in [2.45, 2.75) is 18.3 Å². The average molecular weight is 318 g/mol. The van der Waals surface area contributed by atoms with Crippen molar-refractivity contribution in [1.82, 2.24) is 14.0 Å². The fraction of sp³-hybridized carbons (Fsp3) is 0.545. The van der Waals surface area contributed by atoms with Crippen LogP contribution in [0, 0.1) is 0 Å². The van der Waals surface area contributed by atoms with Crippen LogP contribution >= 0.6 is 15.9 Å². The zero-order valence-electron chi connectivity index (χ0n) is 10.8. The molecule has 1 aromatic rings. The topological polar surface area (TPSA) is 64.3 Å². The third kappa shape index (κ3) is 2.90. The number of nitrogens with zero attached hydrogens (tertiary/aromatic N) is 3. The van der Waals surface area contributed by atoms with E-state index in [0.717, 1.165) is 4.57 Å². The van der Waals surface area contributed by atoms with Crippen molar-refractivity contribution in [3.8, 4) is 0 Å². The molecular weight excluding hydrogens is 302 g/mol. The van der Waals surface area contributed by atoms with Gasteiger partial charge >= 0.3 is 5.69 Å². The first-order valence-electron chi connectivity index (χ1n) is 5.40. The number of aryl methyl sites for hydroxylation is 1. The van der Waals surface area contributed by atoms with Crippen molar-refractivity contribution in [1.29, 1.82) is 0 Å². The second kappa shape index (κ2) is 5.51. The van der Waals surface area contributed by atoms with Crippen LogP contribution in [0.5, 0.6) is 0 Å². The van der Waals surface area contributed by atoms with Gasteiger partial charge in [0.15, 0.2) is 0 Å². The highest BCUT2D eigenvalue weighted by atomic mass is 79.9. The number of carbonyl (C=O) groups is 1. The van der Waals surface area contributed by atoms with Gasteiger partial charge in [0.2, 0.25) is 5.91 Å². The SMILES string of the molecule is CC(Br)C(=O)N(C)Cc1cn(C)c(=O)n(C)c1=O. The predicted octanol–water partition coefficient (Wildman–Crippen LogP) is -0.174. The number of halogens is 1. The van der Waals surface area contributed by atoms with Gasteiger partial charge in [0.1, 0.15) is 0 Å². The quantitative estimate of drug-likeness (QED) is 0.727. The lowest BCUT2D eigenvalue weighted by atomic mass is 10.3. The molecule has 1 aromatic heterocycles. The maximum atomic E-state index is 11.9. The van der Waals surface area contributed by atoms with Gasteiger partial charge in [-0.2, -0.15) is 0 Å². The lowest BCUT2D eigenvalue weighted by Gasteiger charge is -2.18. The average Bonchev–Trinajstić information content (AvgIpc) is 2.32. The van der Waals surface area contributed by atoms with Crippen molar-refractivity contribution in [2.75, 3.05) is 7.05 Å². The lowest BCUT2D eigenvalue weighted by Crippen LogP contribution is -2.41. The highest BCUT2D eigenvalue weighted by Crippen LogP contribution is 2.04. The monoisotopic (exact) mass is 317 g/mol. The van der Waals surface area contributed by atoms with Crippen molar-refractivity contribution < 1.29 is 4.79 Å². The van der Waals surface area contributed by atoms with E-state index < -0.39 is 0 Å². The molecule has 0 bridgehead atoms. The molecule has 0 radical (unpaired) electrons. The van der Waals surface area contributed by atoms with Crippen LogP contribution in [0.4, 0.5) is 0 Å². The Bertz CT molecular complexity index is 574. The molecule has 1 unspecified atom stereocenters. The van der Waals surface area contributed by atoms with Gasteiger partial charge in [-0.1, -0.05) is 15.9 Å². The summed E-state index contributed by atoms with van der Waals surface area (Å²) in [6.07, 6.45) is 1.47. The maximum absolute atomic E-state index is 11.9. The molecule has 18 heavy (non-hydrogen) atoms. The largest absolute Gasteiger partial charge is 0.340 e. The van der Waals surface area contributed by atoms with Crippen LogP contribution < -0.4 is 11.2 Å². The van der Waals surface area contributed by atoms with Gasteiger partial charge in [0.25, 0.3) is 5.56 Å². The normalized spacial score (nSPS) is 12.3. The molecule has 0 spiro atoms. The summed E-state index contributed by atoms with van der Waals surface area (Å²) in [4.78, 5) is 36.2. The fourth-order valence-electron chi connectivity index (χ4n) is 1.63. The van der Waals surface area contributed by atoms with Gasteiger partial charge in [-0.3, -0.25) is 14.2 Å².